The van der Waals surface area contributed by atoms with E-state index in [0.717, 1.165) is 6.42 Å². The van der Waals surface area contributed by atoms with Crippen LogP contribution in [0.5, 0.6) is 0 Å². The molecule has 1 amide bonds. The third-order valence-electron chi connectivity index (χ3n) is 3.27. The Balaban J connectivity index is 1.89. The smallest absolute Gasteiger partial charge is 0.303 e. The maximum absolute atomic E-state index is 12.1. The monoisotopic (exact) mass is 248 g/mol. The molecule has 5 nitrogen and oxygen atoms in total. The minimum absolute atomic E-state index is 0.00947. The second-order valence-corrected chi connectivity index (χ2v) is 4.57. The van der Waals surface area contributed by atoms with Crippen LogP contribution in [0.15, 0.2) is 24.5 Å². The molecule has 1 aromatic heterocycles. The predicted octanol–water partition coefficient (Wildman–Crippen LogP) is 1.41. The molecule has 1 N–H and O–H groups in total. The van der Waals surface area contributed by atoms with Gasteiger partial charge in [0.25, 0.3) is 5.91 Å². The number of amides is 1. The molecule has 2 heterocycles. The molecule has 96 valence electrons. The van der Waals surface area contributed by atoms with Crippen molar-refractivity contribution in [3.05, 3.63) is 30.1 Å². The summed E-state index contributed by atoms with van der Waals surface area (Å²) in [6, 6.07) is 3.40. The van der Waals surface area contributed by atoms with Gasteiger partial charge in [0.1, 0.15) is 0 Å². The zero-order valence-electron chi connectivity index (χ0n) is 10.1. The number of rotatable bonds is 4. The average molecular weight is 248 g/mol. The van der Waals surface area contributed by atoms with Crippen molar-refractivity contribution in [1.82, 2.24) is 9.88 Å². The molecule has 5 heteroatoms. The topological polar surface area (TPSA) is 70.5 Å². The van der Waals surface area contributed by atoms with Crippen LogP contribution in [0, 0.1) is 5.92 Å². The lowest BCUT2D eigenvalue weighted by Crippen LogP contribution is -2.28. The minimum atomic E-state index is -0.770. The van der Waals surface area contributed by atoms with Crippen LogP contribution in [0.25, 0.3) is 0 Å². The zero-order chi connectivity index (χ0) is 13.0. The summed E-state index contributed by atoms with van der Waals surface area (Å²) in [6.45, 7) is 1.37. The summed E-state index contributed by atoms with van der Waals surface area (Å²) in [4.78, 5) is 28.3. The van der Waals surface area contributed by atoms with Crippen LogP contribution in [0.4, 0.5) is 0 Å². The van der Waals surface area contributed by atoms with Gasteiger partial charge in [0, 0.05) is 37.5 Å². The van der Waals surface area contributed by atoms with E-state index in [1.807, 2.05) is 0 Å². The first-order valence-corrected chi connectivity index (χ1v) is 6.08. The van der Waals surface area contributed by atoms with E-state index in [9.17, 15) is 9.59 Å². The van der Waals surface area contributed by atoms with Gasteiger partial charge >= 0.3 is 5.97 Å². The van der Waals surface area contributed by atoms with Gasteiger partial charge in [-0.2, -0.15) is 0 Å². The van der Waals surface area contributed by atoms with Crippen LogP contribution < -0.4 is 0 Å². The third kappa shape index (κ3) is 3.06. The highest BCUT2D eigenvalue weighted by Gasteiger charge is 2.26. The number of aliphatic carboxylic acids is 1. The van der Waals surface area contributed by atoms with Crippen molar-refractivity contribution in [2.24, 2.45) is 5.92 Å². The van der Waals surface area contributed by atoms with Gasteiger partial charge in [0.05, 0.1) is 0 Å². The summed E-state index contributed by atoms with van der Waals surface area (Å²) >= 11 is 0. The van der Waals surface area contributed by atoms with Gasteiger partial charge in [-0.05, 0) is 30.9 Å². The van der Waals surface area contributed by atoms with Gasteiger partial charge in [0.15, 0.2) is 0 Å². The van der Waals surface area contributed by atoms with E-state index in [0.29, 0.717) is 31.0 Å². The zero-order valence-corrected chi connectivity index (χ0v) is 10.1. The first-order valence-electron chi connectivity index (χ1n) is 6.08. The molecule has 1 fully saturated rings. The number of carbonyl (C=O) groups is 2. The summed E-state index contributed by atoms with van der Waals surface area (Å²) in [5.74, 6) is -0.448. The number of carbonyl (C=O) groups excluding carboxylic acids is 1. The minimum Gasteiger partial charge on any atom is -0.481 e. The maximum atomic E-state index is 12.1. The number of carboxylic acid groups (broad SMARTS) is 1. The fourth-order valence-electron chi connectivity index (χ4n) is 2.26. The summed E-state index contributed by atoms with van der Waals surface area (Å²) < 4.78 is 0. The van der Waals surface area contributed by atoms with Gasteiger partial charge in [-0.3, -0.25) is 14.6 Å². The predicted molar refractivity (Wildman–Crippen MR) is 65.1 cm³/mol. The van der Waals surface area contributed by atoms with E-state index in [2.05, 4.69) is 4.98 Å². The Bertz CT molecular complexity index is 433. The number of hydrogen-bond acceptors (Lipinski definition) is 3. The van der Waals surface area contributed by atoms with Gasteiger partial charge in [-0.15, -0.1) is 0 Å². The molecular weight excluding hydrogens is 232 g/mol. The van der Waals surface area contributed by atoms with Crippen molar-refractivity contribution in [3.63, 3.8) is 0 Å². The number of pyridine rings is 1. The maximum Gasteiger partial charge on any atom is 0.303 e. The van der Waals surface area contributed by atoms with E-state index < -0.39 is 5.97 Å². The van der Waals surface area contributed by atoms with Crippen LogP contribution in [0.1, 0.15) is 29.6 Å². The second kappa shape index (κ2) is 5.62. The van der Waals surface area contributed by atoms with Crippen LogP contribution in [0.2, 0.25) is 0 Å². The number of likely N-dealkylation sites (tertiary alicyclic amines) is 1. The molecule has 1 aromatic rings. The van der Waals surface area contributed by atoms with Gasteiger partial charge in [-0.25, -0.2) is 0 Å². The highest BCUT2D eigenvalue weighted by atomic mass is 16.4. The highest BCUT2D eigenvalue weighted by molar-refractivity contribution is 5.94. The SMILES string of the molecule is O=C(O)CCC1CCN(C(=O)c2ccncc2)C1. The standard InChI is InChI=1S/C13H16N2O3/c16-12(17)2-1-10-5-8-15(9-10)13(18)11-3-6-14-7-4-11/h3-4,6-7,10H,1-2,5,8-9H2,(H,16,17). The number of hydrogen-bond donors (Lipinski definition) is 1. The van der Waals surface area contributed by atoms with Gasteiger partial charge in [-0.1, -0.05) is 0 Å². The summed E-state index contributed by atoms with van der Waals surface area (Å²) in [5, 5.41) is 8.64. The Morgan fingerprint density at radius 2 is 2.11 bits per heavy atom. The molecule has 1 saturated heterocycles. The van der Waals surface area contributed by atoms with E-state index in [4.69, 9.17) is 5.11 Å². The van der Waals surface area contributed by atoms with Crippen molar-refractivity contribution in [1.29, 1.82) is 0 Å². The molecule has 0 radical (unpaired) electrons. The molecule has 0 bridgehead atoms. The van der Waals surface area contributed by atoms with E-state index in [1.54, 1.807) is 29.4 Å². The van der Waals surface area contributed by atoms with E-state index in [-0.39, 0.29) is 12.3 Å². The lowest BCUT2D eigenvalue weighted by molar-refractivity contribution is -0.137. The number of nitrogens with zero attached hydrogens (tertiary/aromatic N) is 2. The van der Waals surface area contributed by atoms with Crippen LogP contribution in [0.3, 0.4) is 0 Å². The Morgan fingerprint density at radius 3 is 2.78 bits per heavy atom. The molecule has 1 unspecified atom stereocenters. The van der Waals surface area contributed by atoms with Crippen LogP contribution in [-0.2, 0) is 4.79 Å². The largest absolute Gasteiger partial charge is 0.481 e. The van der Waals surface area contributed by atoms with Crippen LogP contribution in [-0.4, -0.2) is 40.0 Å². The highest BCUT2D eigenvalue weighted by Crippen LogP contribution is 2.22. The second-order valence-electron chi connectivity index (χ2n) is 4.57. The van der Waals surface area contributed by atoms with Gasteiger partial charge in [0.2, 0.25) is 0 Å². The Kier molecular flexibility index (Phi) is 3.92. The van der Waals surface area contributed by atoms with Crippen molar-refractivity contribution in [3.8, 4) is 0 Å². The Labute approximate surface area is 105 Å². The van der Waals surface area contributed by atoms with Crippen molar-refractivity contribution < 1.29 is 14.7 Å². The molecule has 0 saturated carbocycles. The molecule has 18 heavy (non-hydrogen) atoms. The summed E-state index contributed by atoms with van der Waals surface area (Å²) in [6.07, 6.45) is 4.93. The fraction of sp³-hybridized carbons (Fsp3) is 0.462. The Hall–Kier alpha value is -1.91. The number of aromatic nitrogens is 1. The van der Waals surface area contributed by atoms with E-state index in [1.165, 1.54) is 0 Å². The van der Waals surface area contributed by atoms with Crippen LogP contribution >= 0.6 is 0 Å². The quantitative estimate of drug-likeness (QED) is 0.874. The van der Waals surface area contributed by atoms with Gasteiger partial charge < -0.3 is 10.0 Å². The molecular formula is C13H16N2O3. The first kappa shape index (κ1) is 12.5. The van der Waals surface area contributed by atoms with E-state index >= 15 is 0 Å². The third-order valence-corrected chi connectivity index (χ3v) is 3.27. The molecule has 1 aliphatic rings. The van der Waals surface area contributed by atoms with Crippen molar-refractivity contribution in [2.75, 3.05) is 13.1 Å². The first-order chi connectivity index (χ1) is 8.66. The molecule has 0 aliphatic carbocycles. The number of carboxylic acids is 1. The normalized spacial score (nSPS) is 18.9. The summed E-state index contributed by atoms with van der Waals surface area (Å²) in [5.41, 5.74) is 0.642. The van der Waals surface area contributed by atoms with Crippen molar-refractivity contribution >= 4 is 11.9 Å². The molecule has 2 rings (SSSR count). The molecule has 1 aliphatic heterocycles. The average Bonchev–Trinajstić information content (AvgIpc) is 2.85. The molecule has 0 aromatic carbocycles. The van der Waals surface area contributed by atoms with Crippen molar-refractivity contribution in [2.45, 2.75) is 19.3 Å². The Morgan fingerprint density at radius 1 is 1.39 bits per heavy atom. The molecule has 1 atom stereocenters. The summed E-state index contributed by atoms with van der Waals surface area (Å²) in [7, 11) is 0. The molecule has 0 spiro atoms. The lowest BCUT2D eigenvalue weighted by atomic mass is 10.0. The fourth-order valence-corrected chi connectivity index (χ4v) is 2.26. The lowest BCUT2D eigenvalue weighted by Gasteiger charge is -2.16.